The van der Waals surface area contributed by atoms with E-state index < -0.39 is 12.6 Å². The zero-order valence-corrected chi connectivity index (χ0v) is 17.9. The molecule has 0 amide bonds. The summed E-state index contributed by atoms with van der Waals surface area (Å²) in [5.74, 6) is 1.00. The molecule has 7 nitrogen and oxygen atoms in total. The molecule has 0 aromatic heterocycles. The first-order valence-electron chi connectivity index (χ1n) is 9.86. The molecule has 0 aliphatic heterocycles. The maximum atomic E-state index is 12.4. The number of benzene rings is 2. The van der Waals surface area contributed by atoms with Gasteiger partial charge in [0.25, 0.3) is 0 Å². The van der Waals surface area contributed by atoms with Gasteiger partial charge in [-0.1, -0.05) is 13.3 Å². The van der Waals surface area contributed by atoms with Crippen molar-refractivity contribution in [3.63, 3.8) is 0 Å². The third-order valence-electron chi connectivity index (χ3n) is 4.27. The Balaban J connectivity index is 2.04. The number of carbonyl (C=O) groups is 2. The molecular formula is C23H28O7. The second-order valence-corrected chi connectivity index (χ2v) is 6.37. The van der Waals surface area contributed by atoms with Crippen LogP contribution in [0.1, 0.15) is 47.4 Å². The van der Waals surface area contributed by atoms with Gasteiger partial charge in [-0.25, -0.2) is 4.79 Å². The van der Waals surface area contributed by atoms with Crippen LogP contribution in [0.25, 0.3) is 0 Å². The monoisotopic (exact) mass is 416 g/mol. The molecule has 0 spiro atoms. The highest BCUT2D eigenvalue weighted by molar-refractivity contribution is 6.00. The number of esters is 1. The van der Waals surface area contributed by atoms with Gasteiger partial charge in [0.1, 0.15) is 0 Å². The lowest BCUT2D eigenvalue weighted by Gasteiger charge is -2.13. The zero-order valence-electron chi connectivity index (χ0n) is 17.9. The number of Topliss-reactive ketones (excluding diaryl/α,β-unsaturated/α-hetero) is 1. The molecule has 0 bridgehead atoms. The number of methoxy groups -OCH3 is 2. The molecule has 0 unspecified atom stereocenters. The van der Waals surface area contributed by atoms with Gasteiger partial charge in [0, 0.05) is 5.56 Å². The minimum atomic E-state index is -0.620. The summed E-state index contributed by atoms with van der Waals surface area (Å²) in [5, 5.41) is 0. The van der Waals surface area contributed by atoms with Crippen molar-refractivity contribution in [1.82, 2.24) is 0 Å². The lowest BCUT2D eigenvalue weighted by Crippen LogP contribution is -2.14. The van der Waals surface area contributed by atoms with Crippen LogP contribution in [0.4, 0.5) is 0 Å². The van der Waals surface area contributed by atoms with Crippen molar-refractivity contribution in [3.05, 3.63) is 47.5 Å². The highest BCUT2D eigenvalue weighted by atomic mass is 16.5. The normalized spacial score (nSPS) is 10.3. The predicted molar refractivity (Wildman–Crippen MR) is 112 cm³/mol. The average molecular weight is 416 g/mol. The summed E-state index contributed by atoms with van der Waals surface area (Å²) < 4.78 is 26.8. The second-order valence-electron chi connectivity index (χ2n) is 6.37. The van der Waals surface area contributed by atoms with Crippen molar-refractivity contribution < 1.29 is 33.3 Å². The topological polar surface area (TPSA) is 80.3 Å². The number of hydrogen-bond donors (Lipinski definition) is 0. The molecule has 2 aromatic rings. The molecule has 2 aromatic carbocycles. The van der Waals surface area contributed by atoms with E-state index in [1.165, 1.54) is 14.2 Å². The van der Waals surface area contributed by atoms with E-state index in [0.29, 0.717) is 41.8 Å². The van der Waals surface area contributed by atoms with Crippen LogP contribution in [0, 0.1) is 0 Å². The molecule has 0 saturated heterocycles. The minimum absolute atomic E-state index is 0.279. The molecule has 0 heterocycles. The fourth-order valence-electron chi connectivity index (χ4n) is 2.66. The molecule has 162 valence electrons. The summed E-state index contributed by atoms with van der Waals surface area (Å²) in [6.07, 6.45) is 1.94. The molecule has 0 fully saturated rings. The van der Waals surface area contributed by atoms with Crippen LogP contribution in [0.15, 0.2) is 36.4 Å². The number of ketones is 1. The van der Waals surface area contributed by atoms with Crippen LogP contribution in [0.3, 0.4) is 0 Å². The zero-order chi connectivity index (χ0) is 21.9. The molecule has 0 saturated carbocycles. The smallest absolute Gasteiger partial charge is 0.338 e. The summed E-state index contributed by atoms with van der Waals surface area (Å²) in [6.45, 7) is 4.53. The lowest BCUT2D eigenvalue weighted by atomic mass is 10.1. The Kier molecular flexibility index (Phi) is 9.00. The maximum Gasteiger partial charge on any atom is 0.338 e. The van der Waals surface area contributed by atoms with E-state index in [2.05, 4.69) is 6.92 Å². The standard InChI is InChI=1S/C23H28O7/c1-5-7-12-29-20-11-9-17(14-22(20)28-6-2)23(25)30-15-18(24)16-8-10-19(26-3)21(13-16)27-4/h8-11,13-14H,5-7,12,15H2,1-4H3. The molecule has 0 atom stereocenters. The molecule has 7 heteroatoms. The van der Waals surface area contributed by atoms with E-state index in [9.17, 15) is 9.59 Å². The Hall–Kier alpha value is -3.22. The fourth-order valence-corrected chi connectivity index (χ4v) is 2.66. The first-order valence-corrected chi connectivity index (χ1v) is 9.86. The molecule has 0 N–H and O–H groups in total. The van der Waals surface area contributed by atoms with E-state index in [1.807, 2.05) is 6.92 Å². The van der Waals surface area contributed by atoms with Gasteiger partial charge < -0.3 is 23.7 Å². The van der Waals surface area contributed by atoms with Crippen molar-refractivity contribution in [3.8, 4) is 23.0 Å². The summed E-state index contributed by atoms with van der Waals surface area (Å²) in [4.78, 5) is 24.8. The molecule has 0 radical (unpaired) electrons. The van der Waals surface area contributed by atoms with E-state index in [4.69, 9.17) is 23.7 Å². The minimum Gasteiger partial charge on any atom is -0.493 e. The Morgan fingerprint density at radius 3 is 2.13 bits per heavy atom. The Bertz CT molecular complexity index is 861. The fraction of sp³-hybridized carbons (Fsp3) is 0.391. The second kappa shape index (κ2) is 11.7. The van der Waals surface area contributed by atoms with E-state index in [1.54, 1.807) is 36.4 Å². The van der Waals surface area contributed by atoms with Crippen LogP contribution in [0.5, 0.6) is 23.0 Å². The number of carbonyl (C=O) groups excluding carboxylic acids is 2. The van der Waals surface area contributed by atoms with Gasteiger partial charge in [-0.05, 0) is 49.7 Å². The van der Waals surface area contributed by atoms with Gasteiger partial charge >= 0.3 is 5.97 Å². The van der Waals surface area contributed by atoms with E-state index >= 15 is 0 Å². The van der Waals surface area contributed by atoms with Gasteiger partial charge in [-0.15, -0.1) is 0 Å². The third kappa shape index (κ3) is 6.14. The highest BCUT2D eigenvalue weighted by Crippen LogP contribution is 2.30. The van der Waals surface area contributed by atoms with Crippen molar-refractivity contribution in [2.45, 2.75) is 26.7 Å². The van der Waals surface area contributed by atoms with Gasteiger partial charge in [0.05, 0.1) is 33.0 Å². The SMILES string of the molecule is CCCCOc1ccc(C(=O)OCC(=O)c2ccc(OC)c(OC)c2)cc1OCC. The van der Waals surface area contributed by atoms with Crippen LogP contribution in [-0.2, 0) is 4.74 Å². The van der Waals surface area contributed by atoms with Gasteiger partial charge in [0.15, 0.2) is 35.4 Å². The third-order valence-corrected chi connectivity index (χ3v) is 4.27. The molecule has 0 aliphatic carbocycles. The van der Waals surface area contributed by atoms with E-state index in [-0.39, 0.29) is 11.3 Å². The quantitative estimate of drug-likeness (QED) is 0.290. The van der Waals surface area contributed by atoms with Crippen molar-refractivity contribution in [2.75, 3.05) is 34.0 Å². The van der Waals surface area contributed by atoms with Crippen LogP contribution < -0.4 is 18.9 Å². The highest BCUT2D eigenvalue weighted by Gasteiger charge is 2.16. The summed E-state index contributed by atoms with van der Waals surface area (Å²) in [6, 6.07) is 9.59. The lowest BCUT2D eigenvalue weighted by molar-refractivity contribution is 0.0474. The average Bonchev–Trinajstić information content (AvgIpc) is 2.77. The predicted octanol–water partition coefficient (Wildman–Crippen LogP) is 4.32. The van der Waals surface area contributed by atoms with Gasteiger partial charge in [-0.3, -0.25) is 4.79 Å². The summed E-state index contributed by atoms with van der Waals surface area (Å²) in [7, 11) is 3.00. The van der Waals surface area contributed by atoms with E-state index in [0.717, 1.165) is 12.8 Å². The van der Waals surface area contributed by atoms with Gasteiger partial charge in [0.2, 0.25) is 0 Å². The maximum absolute atomic E-state index is 12.4. The Morgan fingerprint density at radius 2 is 1.47 bits per heavy atom. The van der Waals surface area contributed by atoms with Crippen molar-refractivity contribution in [2.24, 2.45) is 0 Å². The van der Waals surface area contributed by atoms with Crippen LogP contribution in [-0.4, -0.2) is 45.8 Å². The molecule has 2 rings (SSSR count). The first kappa shape index (κ1) is 23.1. The number of unbranched alkanes of at least 4 members (excludes halogenated alkanes) is 1. The number of rotatable bonds is 12. The van der Waals surface area contributed by atoms with Crippen LogP contribution >= 0.6 is 0 Å². The number of hydrogen-bond acceptors (Lipinski definition) is 7. The largest absolute Gasteiger partial charge is 0.493 e. The summed E-state index contributed by atoms with van der Waals surface area (Å²) >= 11 is 0. The Morgan fingerprint density at radius 1 is 0.800 bits per heavy atom. The van der Waals surface area contributed by atoms with Crippen molar-refractivity contribution >= 4 is 11.8 Å². The van der Waals surface area contributed by atoms with Crippen molar-refractivity contribution in [1.29, 1.82) is 0 Å². The number of ether oxygens (including phenoxy) is 5. The summed E-state index contributed by atoms with van der Waals surface area (Å²) in [5.41, 5.74) is 0.636. The van der Waals surface area contributed by atoms with Gasteiger partial charge in [-0.2, -0.15) is 0 Å². The van der Waals surface area contributed by atoms with Crippen LogP contribution in [0.2, 0.25) is 0 Å². The molecular weight excluding hydrogens is 388 g/mol. The first-order chi connectivity index (χ1) is 14.5. The Labute approximate surface area is 176 Å². The molecule has 30 heavy (non-hydrogen) atoms. The molecule has 0 aliphatic rings.